The SMILES string of the molecule is O=C(c1csc(N2CCN(Cc3cccc(OC(F)(F)F)c3)CC2)n1)N1CCN(c2cccc(C(F)(F)F)c2)CC1. The minimum atomic E-state index is -4.74. The van der Waals surface area contributed by atoms with Crippen LogP contribution < -0.4 is 14.5 Å². The fourth-order valence-corrected chi connectivity index (χ4v) is 5.77. The monoisotopic (exact) mass is 599 g/mol. The second-order valence-electron chi connectivity index (χ2n) is 9.80. The van der Waals surface area contributed by atoms with E-state index in [1.165, 1.54) is 35.6 Å². The van der Waals surface area contributed by atoms with Crippen molar-refractivity contribution in [1.29, 1.82) is 0 Å². The summed E-state index contributed by atoms with van der Waals surface area (Å²) in [7, 11) is 0. The molecule has 0 aliphatic carbocycles. The van der Waals surface area contributed by atoms with Crippen LogP contribution in [-0.4, -0.2) is 79.4 Å². The zero-order valence-corrected chi connectivity index (χ0v) is 22.6. The maximum absolute atomic E-state index is 13.1. The van der Waals surface area contributed by atoms with Gasteiger partial charge in [-0.2, -0.15) is 13.2 Å². The van der Waals surface area contributed by atoms with Crippen LogP contribution in [0.25, 0.3) is 0 Å². The Morgan fingerprint density at radius 1 is 0.854 bits per heavy atom. The number of carbonyl (C=O) groups excluding carboxylic acids is 1. The summed E-state index contributed by atoms with van der Waals surface area (Å²) in [4.78, 5) is 25.4. The molecule has 2 saturated heterocycles. The van der Waals surface area contributed by atoms with E-state index in [0.29, 0.717) is 70.3 Å². The van der Waals surface area contributed by atoms with Gasteiger partial charge >= 0.3 is 12.5 Å². The predicted molar refractivity (Wildman–Crippen MR) is 142 cm³/mol. The molecular weight excluding hydrogens is 572 g/mol. The molecular formula is C27H27F6N5O2S. The van der Waals surface area contributed by atoms with Gasteiger partial charge in [-0.3, -0.25) is 9.69 Å². The molecule has 3 heterocycles. The van der Waals surface area contributed by atoms with Crippen molar-refractivity contribution in [1.82, 2.24) is 14.8 Å². The molecule has 2 aromatic carbocycles. The largest absolute Gasteiger partial charge is 0.573 e. The number of halogens is 6. The smallest absolute Gasteiger partial charge is 0.406 e. The molecule has 0 bridgehead atoms. The first-order chi connectivity index (χ1) is 19.4. The van der Waals surface area contributed by atoms with E-state index in [0.717, 1.165) is 22.8 Å². The van der Waals surface area contributed by atoms with Crippen molar-refractivity contribution >= 4 is 28.1 Å². The summed E-state index contributed by atoms with van der Waals surface area (Å²) in [5.41, 5.74) is 0.829. The molecule has 0 atom stereocenters. The molecule has 0 radical (unpaired) electrons. The zero-order valence-electron chi connectivity index (χ0n) is 21.8. The maximum Gasteiger partial charge on any atom is 0.573 e. The molecule has 2 aliphatic rings. The van der Waals surface area contributed by atoms with E-state index in [1.807, 2.05) is 4.90 Å². The Balaban J connectivity index is 1.11. The molecule has 220 valence electrons. The highest BCUT2D eigenvalue weighted by atomic mass is 32.1. The topological polar surface area (TPSA) is 52.2 Å². The van der Waals surface area contributed by atoms with Crippen molar-refractivity contribution in [3.05, 3.63) is 70.7 Å². The molecule has 2 fully saturated rings. The summed E-state index contributed by atoms with van der Waals surface area (Å²) in [5.74, 6) is -0.457. The third-order valence-corrected chi connectivity index (χ3v) is 7.90. The Labute approximate surface area is 236 Å². The van der Waals surface area contributed by atoms with E-state index in [-0.39, 0.29) is 11.7 Å². The number of aromatic nitrogens is 1. The fraction of sp³-hybridized carbons (Fsp3) is 0.407. The molecule has 7 nitrogen and oxygen atoms in total. The van der Waals surface area contributed by atoms with Gasteiger partial charge in [0.25, 0.3) is 5.91 Å². The third kappa shape index (κ3) is 7.41. The van der Waals surface area contributed by atoms with E-state index in [1.54, 1.807) is 22.4 Å². The lowest BCUT2D eigenvalue weighted by Crippen LogP contribution is -2.49. The van der Waals surface area contributed by atoms with Gasteiger partial charge in [0.1, 0.15) is 11.4 Å². The first kappa shape index (κ1) is 29.0. The van der Waals surface area contributed by atoms with Crippen molar-refractivity contribution in [2.24, 2.45) is 0 Å². The summed E-state index contributed by atoms with van der Waals surface area (Å²) >= 11 is 1.37. The number of carbonyl (C=O) groups is 1. The van der Waals surface area contributed by atoms with Gasteiger partial charge in [-0.05, 0) is 35.9 Å². The molecule has 0 spiro atoms. The quantitative estimate of drug-likeness (QED) is 0.357. The van der Waals surface area contributed by atoms with Gasteiger partial charge in [-0.15, -0.1) is 24.5 Å². The van der Waals surface area contributed by atoms with Gasteiger partial charge in [0.2, 0.25) is 0 Å². The maximum atomic E-state index is 13.1. The number of hydrogen-bond donors (Lipinski definition) is 0. The molecule has 0 saturated carbocycles. The molecule has 1 amide bonds. The molecule has 3 aromatic rings. The van der Waals surface area contributed by atoms with Crippen LogP contribution in [0.5, 0.6) is 5.75 Å². The van der Waals surface area contributed by atoms with Gasteiger partial charge in [0, 0.05) is 70.0 Å². The minimum absolute atomic E-state index is 0.212. The Morgan fingerprint density at radius 3 is 2.22 bits per heavy atom. The van der Waals surface area contributed by atoms with Gasteiger partial charge in [-0.1, -0.05) is 18.2 Å². The summed E-state index contributed by atoms with van der Waals surface area (Å²) in [5, 5.41) is 2.44. The lowest BCUT2D eigenvalue weighted by Gasteiger charge is -2.36. The van der Waals surface area contributed by atoms with E-state index in [2.05, 4.69) is 19.5 Å². The fourth-order valence-electron chi connectivity index (χ4n) is 4.91. The first-order valence-electron chi connectivity index (χ1n) is 12.9. The van der Waals surface area contributed by atoms with Gasteiger partial charge in [0.05, 0.1) is 5.56 Å². The summed E-state index contributed by atoms with van der Waals surface area (Å²) in [6, 6.07) is 11.1. The molecule has 14 heteroatoms. The number of ether oxygens (including phenoxy) is 1. The van der Waals surface area contributed by atoms with Crippen LogP contribution in [0, 0.1) is 0 Å². The van der Waals surface area contributed by atoms with Crippen molar-refractivity contribution in [3.63, 3.8) is 0 Å². The highest BCUT2D eigenvalue weighted by molar-refractivity contribution is 7.13. The number of amides is 1. The van der Waals surface area contributed by atoms with Crippen LogP contribution in [0.3, 0.4) is 0 Å². The number of nitrogens with zero attached hydrogens (tertiary/aromatic N) is 5. The predicted octanol–water partition coefficient (Wildman–Crippen LogP) is 5.35. The zero-order chi connectivity index (χ0) is 29.2. The van der Waals surface area contributed by atoms with E-state index in [9.17, 15) is 31.1 Å². The Hall–Kier alpha value is -3.52. The number of piperazine rings is 2. The second kappa shape index (κ2) is 11.8. The number of benzene rings is 2. The second-order valence-corrected chi connectivity index (χ2v) is 10.6. The average Bonchev–Trinajstić information content (AvgIpc) is 3.42. The van der Waals surface area contributed by atoms with Crippen LogP contribution in [-0.2, 0) is 12.7 Å². The Kier molecular flexibility index (Phi) is 8.32. The lowest BCUT2D eigenvalue weighted by molar-refractivity contribution is -0.274. The highest BCUT2D eigenvalue weighted by Gasteiger charge is 2.32. The first-order valence-corrected chi connectivity index (χ1v) is 13.8. The average molecular weight is 600 g/mol. The van der Waals surface area contributed by atoms with Gasteiger partial charge in [0.15, 0.2) is 5.13 Å². The lowest BCUT2D eigenvalue weighted by atomic mass is 10.1. The molecule has 2 aliphatic heterocycles. The molecule has 5 rings (SSSR count). The number of thiazole rings is 1. The van der Waals surface area contributed by atoms with Crippen molar-refractivity contribution in [2.45, 2.75) is 19.1 Å². The normalized spacial score (nSPS) is 17.2. The van der Waals surface area contributed by atoms with Crippen molar-refractivity contribution in [2.75, 3.05) is 62.2 Å². The van der Waals surface area contributed by atoms with E-state index < -0.39 is 18.1 Å². The summed E-state index contributed by atoms with van der Waals surface area (Å²) < 4.78 is 80.8. The van der Waals surface area contributed by atoms with Crippen LogP contribution in [0.1, 0.15) is 21.6 Å². The van der Waals surface area contributed by atoms with Crippen LogP contribution >= 0.6 is 11.3 Å². The third-order valence-electron chi connectivity index (χ3n) is 7.00. The number of alkyl halides is 6. The molecule has 1 aromatic heterocycles. The standard InChI is InChI=1S/C27H27F6N5O2S/c28-26(29,30)20-4-2-5-21(16-20)36-11-13-37(14-12-36)24(39)23-18-41-25(34-23)38-9-7-35(8-10-38)17-19-3-1-6-22(15-19)40-27(31,32)33/h1-6,15-16,18H,7-14,17H2. The van der Waals surface area contributed by atoms with Crippen LogP contribution in [0.2, 0.25) is 0 Å². The highest BCUT2D eigenvalue weighted by Crippen LogP contribution is 2.32. The summed E-state index contributed by atoms with van der Waals surface area (Å²) in [6.07, 6.45) is -9.15. The van der Waals surface area contributed by atoms with E-state index in [4.69, 9.17) is 0 Å². The van der Waals surface area contributed by atoms with Crippen LogP contribution in [0.15, 0.2) is 53.9 Å². The van der Waals surface area contributed by atoms with Crippen molar-refractivity contribution in [3.8, 4) is 5.75 Å². The molecule has 41 heavy (non-hydrogen) atoms. The van der Waals surface area contributed by atoms with Crippen molar-refractivity contribution < 1.29 is 35.9 Å². The Morgan fingerprint density at radius 2 is 1.54 bits per heavy atom. The number of anilines is 2. The molecule has 0 unspecified atom stereocenters. The minimum Gasteiger partial charge on any atom is -0.406 e. The number of hydrogen-bond acceptors (Lipinski definition) is 7. The van der Waals surface area contributed by atoms with Crippen LogP contribution in [0.4, 0.5) is 37.2 Å². The Bertz CT molecular complexity index is 1350. The molecule has 0 N–H and O–H groups in total. The number of rotatable bonds is 6. The van der Waals surface area contributed by atoms with Gasteiger partial charge in [-0.25, -0.2) is 4.98 Å². The summed E-state index contributed by atoms with van der Waals surface area (Å²) in [6.45, 7) is 4.69. The van der Waals surface area contributed by atoms with Gasteiger partial charge < -0.3 is 19.4 Å². The van der Waals surface area contributed by atoms with E-state index >= 15 is 0 Å².